The van der Waals surface area contributed by atoms with Gasteiger partial charge in [0, 0.05) is 5.69 Å². The van der Waals surface area contributed by atoms with Crippen molar-refractivity contribution in [1.29, 1.82) is 0 Å². The van der Waals surface area contributed by atoms with Crippen LogP contribution in [0.4, 0.5) is 26.4 Å². The van der Waals surface area contributed by atoms with E-state index in [0.717, 1.165) is 18.2 Å². The average molecular weight is 465 g/mol. The molecule has 11 nitrogen and oxygen atoms in total. The number of anilines is 3. The Kier molecular flexibility index (Phi) is 6.18. The fourth-order valence-electron chi connectivity index (χ4n) is 2.47. The molecule has 3 aromatic rings. The number of nitrogens with one attached hydrogen (secondary N) is 2. The van der Waals surface area contributed by atoms with Gasteiger partial charge < -0.3 is 16.8 Å². The van der Waals surface area contributed by atoms with E-state index >= 15 is 0 Å². The Bertz CT molecular complexity index is 1270. The van der Waals surface area contributed by atoms with E-state index in [1.807, 2.05) is 4.72 Å². The molecule has 0 saturated heterocycles. The molecule has 0 radical (unpaired) electrons. The molecule has 0 aliphatic rings. The number of halogens is 2. The summed E-state index contributed by atoms with van der Waals surface area (Å²) in [5, 5.41) is 6.46. The zero-order valence-electron chi connectivity index (χ0n) is 16.4. The molecule has 0 spiro atoms. The second-order valence-electron chi connectivity index (χ2n) is 6.52. The van der Waals surface area contributed by atoms with Crippen LogP contribution >= 0.6 is 0 Å². The Morgan fingerprint density at radius 3 is 2.25 bits per heavy atom. The number of nitrogens with two attached hydrogens (primary N) is 2. The first-order valence-corrected chi connectivity index (χ1v) is 10.4. The first kappa shape index (κ1) is 22.8. The van der Waals surface area contributed by atoms with Crippen LogP contribution in [0.5, 0.6) is 0 Å². The van der Waals surface area contributed by atoms with Crippen molar-refractivity contribution in [3.05, 3.63) is 59.7 Å². The minimum atomic E-state index is -4.13. The summed E-state index contributed by atoms with van der Waals surface area (Å²) in [6, 6.07) is 6.96. The molecule has 32 heavy (non-hydrogen) atoms. The number of nitrogens with zero attached hydrogens (tertiary/aromatic N) is 3. The van der Waals surface area contributed by atoms with Crippen LogP contribution in [0, 0.1) is 11.6 Å². The molecular weight excluding hydrogens is 448 g/mol. The number of carbonyl (C=O) groups excluding carboxylic acids is 2. The van der Waals surface area contributed by atoms with Crippen LogP contribution in [0.3, 0.4) is 0 Å². The first-order valence-electron chi connectivity index (χ1n) is 8.90. The largest absolute Gasteiger partial charge is 0.368 e. The Balaban J connectivity index is 1.79. The number of benzene rings is 2. The van der Waals surface area contributed by atoms with Crippen LogP contribution in [-0.2, 0) is 14.8 Å². The van der Waals surface area contributed by atoms with Gasteiger partial charge in [-0.25, -0.2) is 21.9 Å². The fraction of sp³-hybridized carbons (Fsp3) is 0.111. The molecular formula is C18H17F2N7O4S. The summed E-state index contributed by atoms with van der Waals surface area (Å²) in [5.74, 6) is -4.83. The third-order valence-electron chi connectivity index (χ3n) is 4.07. The van der Waals surface area contributed by atoms with Gasteiger partial charge in [-0.05, 0) is 43.3 Å². The number of sulfonamides is 1. The van der Waals surface area contributed by atoms with E-state index in [2.05, 4.69) is 15.4 Å². The maximum Gasteiger partial charge on any atom is 0.287 e. The lowest BCUT2D eigenvalue weighted by molar-refractivity contribution is -0.120. The summed E-state index contributed by atoms with van der Waals surface area (Å²) in [7, 11) is -4.13. The van der Waals surface area contributed by atoms with E-state index in [-0.39, 0.29) is 10.8 Å². The van der Waals surface area contributed by atoms with Crippen LogP contribution in [0.15, 0.2) is 47.4 Å². The normalized spacial score (nSPS) is 12.2. The highest BCUT2D eigenvalue weighted by molar-refractivity contribution is 7.90. The standard InChI is InChI=1S/C18H17F2N7O4S/c1-9(21)15(28)26-32(30,31)11-7-5-10(6-8-11)23-18-24-17(22)27(25-18)16(29)14-12(19)3-2-4-13(14)20/h2-9H,21H2,1H3,(H,26,28)(H3,22,23,24,25)/t9-/m0/s1. The molecule has 2 aromatic carbocycles. The molecule has 0 aliphatic heterocycles. The SMILES string of the molecule is C[C@H](N)C(=O)NS(=O)(=O)c1ccc(Nc2nc(N)n(C(=O)c3c(F)cccc3F)n2)cc1. The molecule has 1 amide bonds. The van der Waals surface area contributed by atoms with Crippen LogP contribution in [0.1, 0.15) is 17.3 Å². The van der Waals surface area contributed by atoms with Crippen molar-refractivity contribution in [1.82, 2.24) is 19.5 Å². The van der Waals surface area contributed by atoms with Crippen molar-refractivity contribution in [3.8, 4) is 0 Å². The molecule has 0 bridgehead atoms. The number of carbonyl (C=O) groups is 2. The number of amides is 1. The van der Waals surface area contributed by atoms with E-state index < -0.39 is 51.0 Å². The molecule has 3 rings (SSSR count). The number of hydrogen-bond donors (Lipinski definition) is 4. The zero-order valence-corrected chi connectivity index (χ0v) is 17.2. The molecule has 0 unspecified atom stereocenters. The lowest BCUT2D eigenvalue weighted by atomic mass is 10.2. The molecule has 0 saturated carbocycles. The molecule has 6 N–H and O–H groups in total. The molecule has 168 valence electrons. The predicted octanol–water partition coefficient (Wildman–Crippen LogP) is 0.723. The van der Waals surface area contributed by atoms with Gasteiger partial charge in [0.25, 0.3) is 15.9 Å². The fourth-order valence-corrected chi connectivity index (χ4v) is 3.53. The van der Waals surface area contributed by atoms with E-state index in [0.29, 0.717) is 10.4 Å². The molecule has 0 aliphatic carbocycles. The molecule has 14 heteroatoms. The summed E-state index contributed by atoms with van der Waals surface area (Å²) in [6.07, 6.45) is 0. The summed E-state index contributed by atoms with van der Waals surface area (Å²) in [4.78, 5) is 27.6. The number of hydrogen-bond acceptors (Lipinski definition) is 9. The highest BCUT2D eigenvalue weighted by atomic mass is 32.2. The molecule has 0 fully saturated rings. The zero-order chi connectivity index (χ0) is 23.6. The van der Waals surface area contributed by atoms with Crippen LogP contribution in [0.25, 0.3) is 0 Å². The Hall–Kier alpha value is -3.91. The van der Waals surface area contributed by atoms with Crippen molar-refractivity contribution < 1.29 is 26.8 Å². The lowest BCUT2D eigenvalue weighted by Crippen LogP contribution is -2.41. The van der Waals surface area contributed by atoms with Gasteiger partial charge in [-0.3, -0.25) is 9.59 Å². The van der Waals surface area contributed by atoms with Gasteiger partial charge in [0.2, 0.25) is 17.8 Å². The van der Waals surface area contributed by atoms with Crippen LogP contribution in [-0.4, -0.2) is 41.0 Å². The lowest BCUT2D eigenvalue weighted by Gasteiger charge is -2.09. The Morgan fingerprint density at radius 2 is 1.69 bits per heavy atom. The van der Waals surface area contributed by atoms with Crippen molar-refractivity contribution in [3.63, 3.8) is 0 Å². The average Bonchev–Trinajstić information content (AvgIpc) is 3.07. The maximum absolute atomic E-state index is 13.9. The summed E-state index contributed by atoms with van der Waals surface area (Å²) in [6.45, 7) is 1.33. The van der Waals surface area contributed by atoms with E-state index in [9.17, 15) is 26.8 Å². The third-order valence-corrected chi connectivity index (χ3v) is 5.43. The van der Waals surface area contributed by atoms with Crippen molar-refractivity contribution in [2.45, 2.75) is 17.9 Å². The smallest absolute Gasteiger partial charge is 0.287 e. The highest BCUT2D eigenvalue weighted by Gasteiger charge is 2.23. The first-order chi connectivity index (χ1) is 15.0. The summed E-state index contributed by atoms with van der Waals surface area (Å²) < 4.78 is 54.4. The third kappa shape index (κ3) is 4.70. The minimum absolute atomic E-state index is 0.187. The second kappa shape index (κ2) is 8.68. The second-order valence-corrected chi connectivity index (χ2v) is 8.20. The number of aromatic nitrogens is 3. The van der Waals surface area contributed by atoms with Gasteiger partial charge >= 0.3 is 0 Å². The highest BCUT2D eigenvalue weighted by Crippen LogP contribution is 2.20. The molecule has 1 atom stereocenters. The van der Waals surface area contributed by atoms with Crippen molar-refractivity contribution in [2.75, 3.05) is 11.1 Å². The Labute approximate surface area is 180 Å². The quantitative estimate of drug-likeness (QED) is 0.409. The van der Waals surface area contributed by atoms with Crippen molar-refractivity contribution in [2.24, 2.45) is 5.73 Å². The number of nitrogen functional groups attached to an aromatic ring is 1. The topological polar surface area (TPSA) is 175 Å². The van der Waals surface area contributed by atoms with E-state index in [4.69, 9.17) is 11.5 Å². The monoisotopic (exact) mass is 465 g/mol. The van der Waals surface area contributed by atoms with Gasteiger partial charge in [0.1, 0.15) is 17.2 Å². The van der Waals surface area contributed by atoms with Gasteiger partial charge in [0.05, 0.1) is 10.9 Å². The van der Waals surface area contributed by atoms with Crippen LogP contribution in [0.2, 0.25) is 0 Å². The van der Waals surface area contributed by atoms with Gasteiger partial charge in [-0.15, -0.1) is 5.10 Å². The summed E-state index contributed by atoms with van der Waals surface area (Å²) in [5.41, 5.74) is 10.4. The Morgan fingerprint density at radius 1 is 1.09 bits per heavy atom. The maximum atomic E-state index is 13.9. The van der Waals surface area contributed by atoms with Gasteiger partial charge in [-0.2, -0.15) is 9.67 Å². The molecule has 1 heterocycles. The minimum Gasteiger partial charge on any atom is -0.368 e. The van der Waals surface area contributed by atoms with E-state index in [1.54, 1.807) is 0 Å². The van der Waals surface area contributed by atoms with Gasteiger partial charge in [-0.1, -0.05) is 6.07 Å². The summed E-state index contributed by atoms with van der Waals surface area (Å²) >= 11 is 0. The number of rotatable bonds is 6. The van der Waals surface area contributed by atoms with Crippen molar-refractivity contribution >= 4 is 39.4 Å². The predicted molar refractivity (Wildman–Crippen MR) is 109 cm³/mol. The molecule has 1 aromatic heterocycles. The van der Waals surface area contributed by atoms with Gasteiger partial charge in [0.15, 0.2) is 0 Å². The van der Waals surface area contributed by atoms with E-state index in [1.165, 1.54) is 31.2 Å². The van der Waals surface area contributed by atoms with Crippen LogP contribution < -0.4 is 21.5 Å².